The highest BCUT2D eigenvalue weighted by Gasteiger charge is 2.45. The molecule has 1 N–H and O–H groups in total. The van der Waals surface area contributed by atoms with Crippen molar-refractivity contribution in [2.24, 2.45) is 5.41 Å². The summed E-state index contributed by atoms with van der Waals surface area (Å²) in [4.78, 5) is 32.4. The Hall–Kier alpha value is -2.75. The summed E-state index contributed by atoms with van der Waals surface area (Å²) in [5.74, 6) is -0.578. The fraction of sp³-hybridized carbons (Fsp3) is 0.542. The number of hydrogen-bond donors (Lipinski definition) is 1. The number of nitrogens with zero attached hydrogens (tertiary/aromatic N) is 4. The van der Waals surface area contributed by atoms with Gasteiger partial charge in [-0.05, 0) is 44.9 Å². The summed E-state index contributed by atoms with van der Waals surface area (Å²) in [7, 11) is 1.56. The second-order valence-corrected chi connectivity index (χ2v) is 10.4. The summed E-state index contributed by atoms with van der Waals surface area (Å²) < 4.78 is 43.8. The summed E-state index contributed by atoms with van der Waals surface area (Å²) in [6, 6.07) is 1.97. The topological polar surface area (TPSA) is 78.7 Å². The largest absolute Gasteiger partial charge is 0.465 e. The van der Waals surface area contributed by atoms with Crippen LogP contribution in [0.2, 0.25) is 5.02 Å². The molecule has 192 valence electrons. The summed E-state index contributed by atoms with van der Waals surface area (Å²) >= 11 is 5.95. The molecule has 0 radical (unpaired) electrons. The average Bonchev–Trinajstić information content (AvgIpc) is 3.06. The maximum absolute atomic E-state index is 14.3. The molecule has 1 fully saturated rings. The van der Waals surface area contributed by atoms with Gasteiger partial charge in [-0.3, -0.25) is 9.78 Å². The molecular weight excluding hydrogens is 485 g/mol. The van der Waals surface area contributed by atoms with Gasteiger partial charge in [0.25, 0.3) is 5.91 Å². The number of halogens is 4. The molecular formula is C24H30ClF3N4O3. The van der Waals surface area contributed by atoms with E-state index in [0.717, 1.165) is 4.57 Å². The van der Waals surface area contributed by atoms with Crippen molar-refractivity contribution < 1.29 is 27.9 Å². The molecule has 1 saturated heterocycles. The van der Waals surface area contributed by atoms with Crippen molar-refractivity contribution in [3.63, 3.8) is 0 Å². The third kappa shape index (κ3) is 4.98. The average molecular weight is 515 g/mol. The molecule has 1 aliphatic rings. The highest BCUT2D eigenvalue weighted by atomic mass is 35.5. The van der Waals surface area contributed by atoms with Crippen LogP contribution in [0.15, 0.2) is 18.3 Å². The van der Waals surface area contributed by atoms with Crippen molar-refractivity contribution in [3.8, 4) is 11.3 Å². The Kier molecular flexibility index (Phi) is 7.19. The zero-order valence-corrected chi connectivity index (χ0v) is 21.3. The number of piperidine rings is 1. The predicted molar refractivity (Wildman–Crippen MR) is 127 cm³/mol. The molecule has 2 aromatic rings. The minimum Gasteiger partial charge on any atom is -0.465 e. The highest BCUT2D eigenvalue weighted by Crippen LogP contribution is 2.43. The number of likely N-dealkylation sites (tertiary alicyclic amines) is 1. The van der Waals surface area contributed by atoms with Crippen molar-refractivity contribution in [1.29, 1.82) is 0 Å². The third-order valence-electron chi connectivity index (χ3n) is 6.65. The Labute approximate surface area is 207 Å². The lowest BCUT2D eigenvalue weighted by Crippen LogP contribution is -2.57. The zero-order valence-electron chi connectivity index (χ0n) is 20.6. The van der Waals surface area contributed by atoms with Crippen LogP contribution in [-0.4, -0.2) is 62.6 Å². The van der Waals surface area contributed by atoms with Crippen LogP contribution in [0, 0.1) is 12.3 Å². The lowest BCUT2D eigenvalue weighted by molar-refractivity contribution is -0.144. The van der Waals surface area contributed by atoms with Gasteiger partial charge in [-0.1, -0.05) is 25.4 Å². The van der Waals surface area contributed by atoms with E-state index in [0.29, 0.717) is 11.4 Å². The Balaban J connectivity index is 2.20. The van der Waals surface area contributed by atoms with Gasteiger partial charge in [0.05, 0.1) is 10.7 Å². The number of aromatic nitrogens is 2. The molecule has 2 amide bonds. The van der Waals surface area contributed by atoms with E-state index in [1.54, 1.807) is 20.9 Å². The van der Waals surface area contributed by atoms with Gasteiger partial charge in [0.2, 0.25) is 0 Å². The lowest BCUT2D eigenvalue weighted by Gasteiger charge is -2.47. The van der Waals surface area contributed by atoms with Crippen LogP contribution in [0.4, 0.5) is 18.0 Å². The molecule has 3 heterocycles. The molecule has 0 aliphatic carbocycles. The summed E-state index contributed by atoms with van der Waals surface area (Å²) in [5, 5.41) is 9.71. The first kappa shape index (κ1) is 26.8. The Morgan fingerprint density at radius 1 is 1.29 bits per heavy atom. The van der Waals surface area contributed by atoms with Gasteiger partial charge in [-0.15, -0.1) is 0 Å². The number of alkyl halides is 3. The maximum atomic E-state index is 14.3. The summed E-state index contributed by atoms with van der Waals surface area (Å²) in [6.07, 6.45) is -4.04. The molecule has 1 aliphatic heterocycles. The van der Waals surface area contributed by atoms with E-state index in [2.05, 4.69) is 4.98 Å². The minimum atomic E-state index is -4.70. The molecule has 1 atom stereocenters. The second kappa shape index (κ2) is 9.37. The smallest absolute Gasteiger partial charge is 0.431 e. The molecule has 2 aromatic heterocycles. The van der Waals surface area contributed by atoms with Crippen molar-refractivity contribution in [2.45, 2.75) is 59.3 Å². The second-order valence-electron chi connectivity index (χ2n) is 9.93. The quantitative estimate of drug-likeness (QED) is 0.546. The van der Waals surface area contributed by atoms with Crippen molar-refractivity contribution in [3.05, 3.63) is 40.3 Å². The minimum absolute atomic E-state index is 0.0854. The van der Waals surface area contributed by atoms with Gasteiger partial charge >= 0.3 is 12.3 Å². The molecule has 35 heavy (non-hydrogen) atoms. The van der Waals surface area contributed by atoms with Gasteiger partial charge in [-0.2, -0.15) is 13.2 Å². The fourth-order valence-corrected chi connectivity index (χ4v) is 5.27. The van der Waals surface area contributed by atoms with Crippen LogP contribution in [0.5, 0.6) is 0 Å². The first-order valence-corrected chi connectivity index (χ1v) is 11.6. The highest BCUT2D eigenvalue weighted by molar-refractivity contribution is 6.30. The van der Waals surface area contributed by atoms with Gasteiger partial charge < -0.3 is 19.5 Å². The van der Waals surface area contributed by atoms with E-state index in [4.69, 9.17) is 11.6 Å². The van der Waals surface area contributed by atoms with Crippen LogP contribution in [0.3, 0.4) is 0 Å². The van der Waals surface area contributed by atoms with Crippen molar-refractivity contribution in [1.82, 2.24) is 19.4 Å². The SMILES string of the molecule is Cc1c(-c2ccc(Cl)cn2)c(C(=O)N(C)C2CCN(C(=O)O)CC2(C)C)n(C(C)C)c1C(F)(F)F. The van der Waals surface area contributed by atoms with Crippen LogP contribution in [0.25, 0.3) is 11.3 Å². The Morgan fingerprint density at radius 2 is 1.91 bits per heavy atom. The van der Waals surface area contributed by atoms with Crippen LogP contribution >= 0.6 is 11.6 Å². The van der Waals surface area contributed by atoms with Gasteiger partial charge in [0.15, 0.2) is 0 Å². The number of amides is 2. The van der Waals surface area contributed by atoms with Gasteiger partial charge in [0, 0.05) is 49.4 Å². The number of carbonyl (C=O) groups excluding carboxylic acids is 1. The summed E-state index contributed by atoms with van der Waals surface area (Å²) in [5.41, 5.74) is -1.36. The van der Waals surface area contributed by atoms with Crippen molar-refractivity contribution in [2.75, 3.05) is 20.1 Å². The van der Waals surface area contributed by atoms with Crippen LogP contribution < -0.4 is 0 Å². The predicted octanol–water partition coefficient (Wildman–Crippen LogP) is 5.96. The molecule has 0 bridgehead atoms. The molecule has 0 spiro atoms. The number of carbonyl (C=O) groups is 2. The van der Waals surface area contributed by atoms with E-state index < -0.39 is 35.3 Å². The molecule has 7 nitrogen and oxygen atoms in total. The first-order valence-electron chi connectivity index (χ1n) is 11.3. The van der Waals surface area contributed by atoms with Crippen LogP contribution in [-0.2, 0) is 6.18 Å². The number of carboxylic acid groups (broad SMARTS) is 1. The Morgan fingerprint density at radius 3 is 2.37 bits per heavy atom. The molecule has 0 aromatic carbocycles. The van der Waals surface area contributed by atoms with E-state index in [-0.39, 0.29) is 41.6 Å². The lowest BCUT2D eigenvalue weighted by atomic mass is 9.78. The Bertz CT molecular complexity index is 1130. The third-order valence-corrected chi connectivity index (χ3v) is 6.87. The summed E-state index contributed by atoms with van der Waals surface area (Å²) in [6.45, 7) is 8.68. The van der Waals surface area contributed by atoms with E-state index in [1.165, 1.54) is 35.1 Å². The van der Waals surface area contributed by atoms with Crippen molar-refractivity contribution >= 4 is 23.6 Å². The molecule has 0 saturated carbocycles. The molecule has 11 heteroatoms. The molecule has 1 unspecified atom stereocenters. The standard InChI is InChI=1S/C24H30ClF3N4O3/c1-13(2)32-19(21(33)30(6)17-9-10-31(22(34)35)12-23(17,4)5)18(14(3)20(32)24(26,27)28)16-8-7-15(25)11-29-16/h7-8,11,13,17H,9-10,12H2,1-6H3,(H,34,35). The normalized spacial score (nSPS) is 18.1. The number of pyridine rings is 1. The first-order chi connectivity index (χ1) is 16.1. The van der Waals surface area contributed by atoms with E-state index >= 15 is 0 Å². The van der Waals surface area contributed by atoms with E-state index in [9.17, 15) is 27.9 Å². The number of hydrogen-bond acceptors (Lipinski definition) is 3. The van der Waals surface area contributed by atoms with Crippen LogP contribution in [0.1, 0.15) is 61.9 Å². The van der Waals surface area contributed by atoms with Gasteiger partial charge in [-0.25, -0.2) is 4.79 Å². The maximum Gasteiger partial charge on any atom is 0.431 e. The fourth-order valence-electron chi connectivity index (χ4n) is 5.16. The molecule has 3 rings (SSSR count). The zero-order chi connectivity index (χ0) is 26.5. The van der Waals surface area contributed by atoms with E-state index in [1.807, 2.05) is 13.8 Å². The number of rotatable bonds is 4. The monoisotopic (exact) mass is 514 g/mol. The van der Waals surface area contributed by atoms with Gasteiger partial charge in [0.1, 0.15) is 11.4 Å².